The molecule has 3 nitrogen and oxygen atoms in total. The van der Waals surface area contributed by atoms with Crippen LogP contribution in [0.4, 0.5) is 5.69 Å². The summed E-state index contributed by atoms with van der Waals surface area (Å²) in [7, 11) is 0. The van der Waals surface area contributed by atoms with Crippen LogP contribution in [-0.4, -0.2) is 5.91 Å². The molecule has 0 saturated carbocycles. The summed E-state index contributed by atoms with van der Waals surface area (Å²) >= 11 is 0. The van der Waals surface area contributed by atoms with Gasteiger partial charge < -0.3 is 9.73 Å². The second-order valence-electron chi connectivity index (χ2n) is 4.64. The molecule has 1 aromatic heterocycles. The fraction of sp³-hybridized carbons (Fsp3) is 0.267. The van der Waals surface area contributed by atoms with Crippen LogP contribution < -0.4 is 5.32 Å². The predicted molar refractivity (Wildman–Crippen MR) is 72.1 cm³/mol. The lowest BCUT2D eigenvalue weighted by Gasteiger charge is -2.11. The van der Waals surface area contributed by atoms with Crippen LogP contribution in [0.3, 0.4) is 0 Å². The maximum Gasteiger partial charge on any atom is 0.291 e. The molecule has 0 fully saturated rings. The van der Waals surface area contributed by atoms with Gasteiger partial charge >= 0.3 is 0 Å². The molecule has 1 N–H and O–H groups in total. The summed E-state index contributed by atoms with van der Waals surface area (Å²) in [6, 6.07) is 7.57. The number of hydrogen-bond acceptors (Lipinski definition) is 2. The van der Waals surface area contributed by atoms with Gasteiger partial charge in [0.25, 0.3) is 5.91 Å². The van der Waals surface area contributed by atoms with Crippen LogP contribution >= 0.6 is 0 Å². The average molecular weight is 243 g/mol. The lowest BCUT2D eigenvalue weighted by Crippen LogP contribution is -2.13. The first-order chi connectivity index (χ1) is 8.47. The van der Waals surface area contributed by atoms with E-state index in [4.69, 9.17) is 4.42 Å². The molecule has 3 heteroatoms. The molecule has 0 saturated heterocycles. The number of nitrogens with one attached hydrogen (secondary N) is 1. The molecule has 0 atom stereocenters. The van der Waals surface area contributed by atoms with Crippen LogP contribution in [0, 0.1) is 27.7 Å². The van der Waals surface area contributed by atoms with Crippen LogP contribution in [0.15, 0.2) is 28.7 Å². The van der Waals surface area contributed by atoms with Crippen LogP contribution in [0.2, 0.25) is 0 Å². The van der Waals surface area contributed by atoms with Gasteiger partial charge in [-0.25, -0.2) is 0 Å². The number of furan rings is 1. The highest BCUT2D eigenvalue weighted by Crippen LogP contribution is 2.22. The first-order valence-corrected chi connectivity index (χ1v) is 5.93. The summed E-state index contributed by atoms with van der Waals surface area (Å²) in [4.78, 5) is 12.0. The zero-order valence-electron chi connectivity index (χ0n) is 11.1. The Morgan fingerprint density at radius 3 is 2.17 bits per heavy atom. The molecule has 94 valence electrons. The molecule has 1 amide bonds. The van der Waals surface area contributed by atoms with E-state index in [1.165, 1.54) is 5.56 Å². The summed E-state index contributed by atoms with van der Waals surface area (Å²) in [6.45, 7) is 7.84. The van der Waals surface area contributed by atoms with Gasteiger partial charge in [-0.05, 0) is 51.0 Å². The number of carbonyl (C=O) groups excluding carboxylic acids is 1. The number of rotatable bonds is 2. The molecule has 1 heterocycles. The van der Waals surface area contributed by atoms with Gasteiger partial charge in [0.2, 0.25) is 0 Å². The number of benzene rings is 1. The number of hydrogen-bond donors (Lipinski definition) is 1. The second-order valence-corrected chi connectivity index (χ2v) is 4.64. The Kier molecular flexibility index (Phi) is 3.24. The van der Waals surface area contributed by atoms with Crippen LogP contribution in [-0.2, 0) is 0 Å². The molecule has 0 bridgehead atoms. The van der Waals surface area contributed by atoms with Crippen molar-refractivity contribution in [3.63, 3.8) is 0 Å². The van der Waals surface area contributed by atoms with Gasteiger partial charge in [0.15, 0.2) is 5.76 Å². The highest BCUT2D eigenvalue weighted by Gasteiger charge is 2.13. The largest absolute Gasteiger partial charge is 0.456 e. The average Bonchev–Trinajstić information content (AvgIpc) is 2.70. The summed E-state index contributed by atoms with van der Waals surface area (Å²) in [5, 5.41) is 2.90. The molecule has 1 aromatic carbocycles. The quantitative estimate of drug-likeness (QED) is 0.872. The highest BCUT2D eigenvalue weighted by atomic mass is 16.3. The van der Waals surface area contributed by atoms with Gasteiger partial charge in [0.05, 0.1) is 0 Å². The van der Waals surface area contributed by atoms with Gasteiger partial charge in [-0.15, -0.1) is 0 Å². The number of anilines is 1. The van der Waals surface area contributed by atoms with Crippen molar-refractivity contribution < 1.29 is 9.21 Å². The van der Waals surface area contributed by atoms with Crippen molar-refractivity contribution in [1.82, 2.24) is 0 Å². The van der Waals surface area contributed by atoms with Gasteiger partial charge in [-0.1, -0.05) is 17.7 Å². The Bertz CT molecular complexity index is 573. The standard InChI is InChI=1S/C15H17NO2/c1-9-7-10(2)14(11(3)8-9)16-15(17)13-6-5-12(4)18-13/h5-8H,1-4H3,(H,16,17). The van der Waals surface area contributed by atoms with Crippen molar-refractivity contribution in [1.29, 1.82) is 0 Å². The van der Waals surface area contributed by atoms with Crippen molar-refractivity contribution in [2.45, 2.75) is 27.7 Å². The molecule has 2 rings (SSSR count). The zero-order chi connectivity index (χ0) is 13.3. The molecule has 0 spiro atoms. The van der Waals surface area contributed by atoms with Gasteiger partial charge in [-0.2, -0.15) is 0 Å². The molecule has 0 aliphatic rings. The molecular weight excluding hydrogens is 226 g/mol. The molecule has 0 aliphatic carbocycles. The molecule has 18 heavy (non-hydrogen) atoms. The van der Waals surface area contributed by atoms with E-state index in [1.807, 2.05) is 27.7 Å². The number of carbonyl (C=O) groups is 1. The molecular formula is C15H17NO2. The van der Waals surface area contributed by atoms with Gasteiger partial charge in [-0.3, -0.25) is 4.79 Å². The Morgan fingerprint density at radius 2 is 1.67 bits per heavy atom. The van der Waals surface area contributed by atoms with Crippen molar-refractivity contribution in [2.24, 2.45) is 0 Å². The monoisotopic (exact) mass is 243 g/mol. The minimum atomic E-state index is -0.210. The normalized spacial score (nSPS) is 10.4. The van der Waals surface area contributed by atoms with Crippen molar-refractivity contribution >= 4 is 11.6 Å². The predicted octanol–water partition coefficient (Wildman–Crippen LogP) is 3.77. The number of amides is 1. The zero-order valence-corrected chi connectivity index (χ0v) is 11.1. The summed E-state index contributed by atoms with van der Waals surface area (Å²) in [5.74, 6) is 0.863. The SMILES string of the molecule is Cc1cc(C)c(NC(=O)c2ccc(C)o2)c(C)c1. The molecule has 0 aliphatic heterocycles. The molecule has 0 radical (unpaired) electrons. The van der Waals surface area contributed by atoms with Crippen molar-refractivity contribution in [3.8, 4) is 0 Å². The highest BCUT2D eigenvalue weighted by molar-refractivity contribution is 6.03. The number of aryl methyl sites for hydroxylation is 4. The lowest BCUT2D eigenvalue weighted by atomic mass is 10.1. The van der Waals surface area contributed by atoms with Crippen LogP contribution in [0.25, 0.3) is 0 Å². The van der Waals surface area contributed by atoms with Crippen molar-refractivity contribution in [2.75, 3.05) is 5.32 Å². The van der Waals surface area contributed by atoms with E-state index in [2.05, 4.69) is 17.4 Å². The summed E-state index contributed by atoms with van der Waals surface area (Å²) in [5.41, 5.74) is 4.17. The molecule has 2 aromatic rings. The minimum absolute atomic E-state index is 0.210. The van der Waals surface area contributed by atoms with E-state index >= 15 is 0 Å². The van der Waals surface area contributed by atoms with Crippen molar-refractivity contribution in [3.05, 3.63) is 52.5 Å². The fourth-order valence-electron chi connectivity index (χ4n) is 2.11. The van der Waals surface area contributed by atoms with E-state index in [-0.39, 0.29) is 5.91 Å². The maximum atomic E-state index is 12.0. The Balaban J connectivity index is 2.27. The Hall–Kier alpha value is -2.03. The lowest BCUT2D eigenvalue weighted by molar-refractivity contribution is 0.0995. The minimum Gasteiger partial charge on any atom is -0.456 e. The van der Waals surface area contributed by atoms with E-state index < -0.39 is 0 Å². The van der Waals surface area contributed by atoms with E-state index in [1.54, 1.807) is 12.1 Å². The smallest absolute Gasteiger partial charge is 0.291 e. The van der Waals surface area contributed by atoms with Crippen LogP contribution in [0.1, 0.15) is 33.0 Å². The van der Waals surface area contributed by atoms with E-state index in [0.29, 0.717) is 5.76 Å². The fourth-order valence-corrected chi connectivity index (χ4v) is 2.11. The third-order valence-corrected chi connectivity index (χ3v) is 2.88. The third kappa shape index (κ3) is 2.45. The van der Waals surface area contributed by atoms with Gasteiger partial charge in [0.1, 0.15) is 5.76 Å². The van der Waals surface area contributed by atoms with Crippen LogP contribution in [0.5, 0.6) is 0 Å². The first-order valence-electron chi connectivity index (χ1n) is 5.93. The van der Waals surface area contributed by atoms with Gasteiger partial charge in [0, 0.05) is 5.69 Å². The van der Waals surface area contributed by atoms with E-state index in [9.17, 15) is 4.79 Å². The first kappa shape index (κ1) is 12.4. The second kappa shape index (κ2) is 4.69. The molecule has 0 unspecified atom stereocenters. The topological polar surface area (TPSA) is 42.2 Å². The Labute approximate surface area is 107 Å². The summed E-state index contributed by atoms with van der Waals surface area (Å²) < 4.78 is 5.31. The maximum absolute atomic E-state index is 12.0. The third-order valence-electron chi connectivity index (χ3n) is 2.88. The van der Waals surface area contributed by atoms with E-state index in [0.717, 1.165) is 22.6 Å². The summed E-state index contributed by atoms with van der Waals surface area (Å²) in [6.07, 6.45) is 0. The Morgan fingerprint density at radius 1 is 1.06 bits per heavy atom.